The highest BCUT2D eigenvalue weighted by Gasteiger charge is 2.29. The summed E-state index contributed by atoms with van der Waals surface area (Å²) in [4.78, 5) is 0. The van der Waals surface area contributed by atoms with E-state index in [1.165, 1.54) is 43.2 Å². The van der Waals surface area contributed by atoms with Crippen LogP contribution in [0.4, 0.5) is 0 Å². The lowest BCUT2D eigenvalue weighted by atomic mass is 9.79. The fourth-order valence-corrected chi connectivity index (χ4v) is 5.61. The first-order valence-corrected chi connectivity index (χ1v) is 10.6. The molecule has 1 fully saturated rings. The van der Waals surface area contributed by atoms with Crippen molar-refractivity contribution in [2.75, 3.05) is 0 Å². The standard InChI is InChI=1S/C22H26O2P/c1-22(2,3)19-14-16(15-9-5-4-6-10-15)13-18-17-11-7-8-12-20(17)24-25(23)21(18)19/h7-8,11-15H,4-6,9-10H2,1-3H3/q+1. The SMILES string of the molecule is CC(C)(C)c1cc(C2CCCCC2)cc2c3ccccc3o[p+](=O)c12. The van der Waals surface area contributed by atoms with Gasteiger partial charge in [-0.05, 0) is 46.4 Å². The van der Waals surface area contributed by atoms with Crippen molar-refractivity contribution in [3.63, 3.8) is 0 Å². The number of para-hydroxylation sites is 1. The molecule has 0 saturated heterocycles. The van der Waals surface area contributed by atoms with Gasteiger partial charge in [0.2, 0.25) is 5.12 Å². The minimum atomic E-state index is -1.86. The smallest absolute Gasteiger partial charge is 0.250 e. The molecular weight excluding hydrogens is 327 g/mol. The summed E-state index contributed by atoms with van der Waals surface area (Å²) in [7, 11) is -1.86. The van der Waals surface area contributed by atoms with E-state index in [2.05, 4.69) is 39.0 Å². The number of fused-ring (bicyclic) bond motifs is 3. The minimum absolute atomic E-state index is 0.0601. The molecule has 0 bridgehead atoms. The second-order valence-corrected chi connectivity index (χ2v) is 9.54. The van der Waals surface area contributed by atoms with Crippen molar-refractivity contribution in [2.24, 2.45) is 0 Å². The summed E-state index contributed by atoms with van der Waals surface area (Å²) < 4.78 is 18.7. The van der Waals surface area contributed by atoms with Gasteiger partial charge in [0, 0.05) is 16.3 Å². The molecule has 2 aromatic carbocycles. The third kappa shape index (κ3) is 3.02. The molecule has 1 aromatic heterocycles. The predicted octanol–water partition coefficient (Wildman–Crippen LogP) is 7.67. The van der Waals surface area contributed by atoms with Gasteiger partial charge in [-0.25, -0.2) is 4.20 Å². The number of hydrogen-bond donors (Lipinski definition) is 0. The first kappa shape index (κ1) is 16.8. The third-order valence-electron chi connectivity index (χ3n) is 5.56. The maximum absolute atomic E-state index is 12.9. The average molecular weight is 353 g/mol. The Morgan fingerprint density at radius 3 is 2.44 bits per heavy atom. The largest absolute Gasteiger partial charge is 0.598 e. The maximum atomic E-state index is 12.9. The van der Waals surface area contributed by atoms with Gasteiger partial charge in [0.25, 0.3) is 0 Å². The maximum Gasteiger partial charge on any atom is 0.598 e. The van der Waals surface area contributed by atoms with Crippen molar-refractivity contribution in [3.8, 4) is 0 Å². The zero-order valence-electron chi connectivity index (χ0n) is 15.3. The van der Waals surface area contributed by atoms with Crippen molar-refractivity contribution >= 4 is 29.1 Å². The normalized spacial score (nSPS) is 17.3. The highest BCUT2D eigenvalue weighted by molar-refractivity contribution is 7.37. The molecule has 0 N–H and O–H groups in total. The van der Waals surface area contributed by atoms with E-state index in [0.717, 1.165) is 21.5 Å². The van der Waals surface area contributed by atoms with Crippen LogP contribution in [0.15, 0.2) is 40.6 Å². The van der Waals surface area contributed by atoms with Gasteiger partial charge < -0.3 is 0 Å². The highest BCUT2D eigenvalue weighted by Crippen LogP contribution is 2.44. The van der Waals surface area contributed by atoms with Crippen LogP contribution in [0.3, 0.4) is 0 Å². The Bertz CT molecular complexity index is 988. The third-order valence-corrected chi connectivity index (χ3v) is 6.77. The molecule has 0 aliphatic heterocycles. The summed E-state index contributed by atoms with van der Waals surface area (Å²) in [5.74, 6) is 0.632. The van der Waals surface area contributed by atoms with Gasteiger partial charge in [0.15, 0.2) is 5.58 Å². The lowest BCUT2D eigenvalue weighted by Crippen LogP contribution is -2.13. The molecule has 4 rings (SSSR count). The molecule has 1 atom stereocenters. The fourth-order valence-electron chi connectivity index (χ4n) is 4.21. The number of benzene rings is 2. The highest BCUT2D eigenvalue weighted by atomic mass is 31.1. The van der Waals surface area contributed by atoms with Crippen molar-refractivity contribution in [3.05, 3.63) is 47.5 Å². The van der Waals surface area contributed by atoms with Crippen LogP contribution in [0.1, 0.15) is 69.9 Å². The van der Waals surface area contributed by atoms with E-state index in [1.807, 2.05) is 18.2 Å². The molecule has 2 nitrogen and oxygen atoms in total. The van der Waals surface area contributed by atoms with Crippen LogP contribution < -0.4 is 0 Å². The Balaban J connectivity index is 2.09. The van der Waals surface area contributed by atoms with E-state index in [9.17, 15) is 4.57 Å². The lowest BCUT2D eigenvalue weighted by Gasteiger charge is -2.25. The van der Waals surface area contributed by atoms with Crippen LogP contribution in [-0.4, -0.2) is 0 Å². The van der Waals surface area contributed by atoms with Crippen molar-refractivity contribution in [2.45, 2.75) is 64.2 Å². The van der Waals surface area contributed by atoms with Gasteiger partial charge >= 0.3 is 7.65 Å². The van der Waals surface area contributed by atoms with E-state index in [4.69, 9.17) is 4.20 Å². The van der Waals surface area contributed by atoms with Crippen LogP contribution in [-0.2, 0) is 9.98 Å². The zero-order chi connectivity index (χ0) is 17.6. The molecule has 1 heterocycles. The van der Waals surface area contributed by atoms with Crippen LogP contribution in [0.2, 0.25) is 0 Å². The van der Waals surface area contributed by atoms with Crippen LogP contribution >= 0.6 is 7.65 Å². The molecule has 1 aliphatic carbocycles. The van der Waals surface area contributed by atoms with Crippen LogP contribution in [0.25, 0.3) is 21.5 Å². The molecule has 3 aromatic rings. The molecule has 3 heteroatoms. The van der Waals surface area contributed by atoms with E-state index >= 15 is 0 Å². The van der Waals surface area contributed by atoms with Crippen LogP contribution in [0.5, 0.6) is 0 Å². The summed E-state index contributed by atoms with van der Waals surface area (Å²) in [6.07, 6.45) is 6.54. The fraction of sp³-hybridized carbons (Fsp3) is 0.455. The Labute approximate surface area is 150 Å². The van der Waals surface area contributed by atoms with Crippen molar-refractivity contribution in [1.82, 2.24) is 0 Å². The predicted molar refractivity (Wildman–Crippen MR) is 106 cm³/mol. The van der Waals surface area contributed by atoms with Gasteiger partial charge in [-0.3, -0.25) is 0 Å². The summed E-state index contributed by atoms with van der Waals surface area (Å²) in [6.45, 7) is 6.62. The van der Waals surface area contributed by atoms with Gasteiger partial charge in [-0.15, -0.1) is 0 Å². The van der Waals surface area contributed by atoms with Crippen LogP contribution in [0, 0.1) is 0 Å². The average Bonchev–Trinajstić information content (AvgIpc) is 2.61. The Kier molecular flexibility index (Phi) is 4.20. The Morgan fingerprint density at radius 1 is 1.00 bits per heavy atom. The molecule has 130 valence electrons. The molecular formula is C22H26O2P+. The van der Waals surface area contributed by atoms with E-state index < -0.39 is 7.65 Å². The van der Waals surface area contributed by atoms with Gasteiger partial charge in [0.05, 0.1) is 0 Å². The summed E-state index contributed by atoms with van der Waals surface area (Å²) in [6, 6.07) is 12.6. The zero-order valence-corrected chi connectivity index (χ0v) is 16.2. The first-order valence-electron chi connectivity index (χ1n) is 9.38. The molecule has 0 radical (unpaired) electrons. The van der Waals surface area contributed by atoms with E-state index in [-0.39, 0.29) is 5.41 Å². The van der Waals surface area contributed by atoms with Crippen molar-refractivity contribution < 1.29 is 8.76 Å². The molecule has 0 amide bonds. The summed E-state index contributed by atoms with van der Waals surface area (Å²) in [5.41, 5.74) is 3.29. The van der Waals surface area contributed by atoms with Gasteiger partial charge in [0.1, 0.15) is 0 Å². The first-order chi connectivity index (χ1) is 11.9. The Morgan fingerprint density at radius 2 is 1.72 bits per heavy atom. The number of rotatable bonds is 1. The second kappa shape index (κ2) is 6.25. The monoisotopic (exact) mass is 353 g/mol. The van der Waals surface area contributed by atoms with Gasteiger partial charge in [-0.1, -0.05) is 64.3 Å². The summed E-state index contributed by atoms with van der Waals surface area (Å²) >= 11 is 0. The molecule has 1 saturated carbocycles. The minimum Gasteiger partial charge on any atom is -0.250 e. The van der Waals surface area contributed by atoms with E-state index in [1.54, 1.807) is 0 Å². The molecule has 25 heavy (non-hydrogen) atoms. The molecule has 1 aliphatic rings. The van der Waals surface area contributed by atoms with Gasteiger partial charge in [-0.2, -0.15) is 0 Å². The van der Waals surface area contributed by atoms with E-state index in [0.29, 0.717) is 5.92 Å². The quantitative estimate of drug-likeness (QED) is 0.420. The lowest BCUT2D eigenvalue weighted by molar-refractivity contribution is 0.443. The second-order valence-electron chi connectivity index (χ2n) is 8.39. The topological polar surface area (TPSA) is 30.2 Å². The molecule has 1 unspecified atom stereocenters. The van der Waals surface area contributed by atoms with Crippen molar-refractivity contribution in [1.29, 1.82) is 0 Å². The Hall–Kier alpha value is -1.66. The summed E-state index contributed by atoms with van der Waals surface area (Å²) in [5, 5.41) is 3.10. The molecule has 0 spiro atoms. The number of hydrogen-bond acceptors (Lipinski definition) is 2.